The molecule has 0 bridgehead atoms. The third kappa shape index (κ3) is 4.92. The minimum absolute atomic E-state index is 0.210. The fourth-order valence-corrected chi connectivity index (χ4v) is 5.54. The molecule has 1 saturated heterocycles. The van der Waals surface area contributed by atoms with Crippen LogP contribution in [0.15, 0.2) is 48.5 Å². The van der Waals surface area contributed by atoms with E-state index in [-0.39, 0.29) is 25.5 Å². The molecule has 1 aliphatic heterocycles. The van der Waals surface area contributed by atoms with Gasteiger partial charge < -0.3 is 21.3 Å². The number of rotatable bonds is 9. The zero-order valence-corrected chi connectivity index (χ0v) is 20.5. The Morgan fingerprint density at radius 2 is 1.82 bits per heavy atom. The van der Waals surface area contributed by atoms with E-state index in [4.69, 9.17) is 34.0 Å². The zero-order chi connectivity index (χ0) is 24.2. The molecule has 0 spiro atoms. The minimum atomic E-state index is -0.932. The van der Waals surface area contributed by atoms with Crippen molar-refractivity contribution in [1.29, 1.82) is 0 Å². The van der Waals surface area contributed by atoms with Crippen molar-refractivity contribution in [3.63, 3.8) is 0 Å². The van der Waals surface area contributed by atoms with Crippen molar-refractivity contribution in [2.75, 3.05) is 13.2 Å². The summed E-state index contributed by atoms with van der Waals surface area (Å²) < 4.78 is 0. The summed E-state index contributed by atoms with van der Waals surface area (Å²) in [5.74, 6) is -0.627. The smallest absolute Gasteiger partial charge is 0.237 e. The van der Waals surface area contributed by atoms with Crippen LogP contribution in [0.3, 0.4) is 0 Å². The molecule has 0 aliphatic carbocycles. The Balaban J connectivity index is 2.11. The molecule has 1 aliphatic rings. The second-order valence-electron chi connectivity index (χ2n) is 8.74. The topological polar surface area (TPSA) is 108 Å². The lowest BCUT2D eigenvalue weighted by Gasteiger charge is -2.46. The van der Waals surface area contributed by atoms with Crippen molar-refractivity contribution in [1.82, 2.24) is 10.6 Å². The summed E-state index contributed by atoms with van der Waals surface area (Å²) in [5, 5.41) is 26.4. The molecule has 4 atom stereocenters. The van der Waals surface area contributed by atoms with E-state index in [9.17, 15) is 9.90 Å². The van der Waals surface area contributed by atoms with E-state index in [1.54, 1.807) is 6.07 Å². The fraction of sp³-hybridized carbons (Fsp3) is 0.480. The van der Waals surface area contributed by atoms with Crippen LogP contribution in [0, 0.1) is 0 Å². The van der Waals surface area contributed by atoms with E-state index >= 15 is 0 Å². The zero-order valence-electron chi connectivity index (χ0n) is 19.0. The second-order valence-corrected chi connectivity index (χ2v) is 9.61. The van der Waals surface area contributed by atoms with Gasteiger partial charge in [-0.2, -0.15) is 0 Å². The Kier molecular flexibility index (Phi) is 8.43. The van der Waals surface area contributed by atoms with Crippen LogP contribution in [0.4, 0.5) is 0 Å². The van der Waals surface area contributed by atoms with Crippen molar-refractivity contribution in [2.45, 2.75) is 62.3 Å². The van der Waals surface area contributed by atoms with Crippen molar-refractivity contribution in [3.8, 4) is 0 Å². The van der Waals surface area contributed by atoms with Gasteiger partial charge in [0.15, 0.2) is 0 Å². The first-order chi connectivity index (χ1) is 15.7. The largest absolute Gasteiger partial charge is 0.394 e. The Morgan fingerprint density at radius 1 is 1.15 bits per heavy atom. The van der Waals surface area contributed by atoms with E-state index in [1.807, 2.05) is 42.5 Å². The van der Waals surface area contributed by atoms with Gasteiger partial charge in [0, 0.05) is 28.0 Å². The van der Waals surface area contributed by atoms with Crippen LogP contribution >= 0.6 is 23.2 Å². The number of carbonyl (C=O) groups excluding carboxylic acids is 1. The number of nitrogens with one attached hydrogen (secondary N) is 2. The van der Waals surface area contributed by atoms with Crippen LogP contribution < -0.4 is 16.4 Å². The number of hydrogen-bond acceptors (Lipinski definition) is 5. The van der Waals surface area contributed by atoms with Crippen LogP contribution in [0.5, 0.6) is 0 Å². The van der Waals surface area contributed by atoms with Gasteiger partial charge in [-0.15, -0.1) is 0 Å². The normalized spacial score (nSPS) is 25.1. The number of carbonyl (C=O) groups is 1. The molecule has 6 N–H and O–H groups in total. The molecule has 0 radical (unpaired) electrons. The highest BCUT2D eigenvalue weighted by Crippen LogP contribution is 2.53. The Bertz CT molecular complexity index is 952. The maximum Gasteiger partial charge on any atom is 0.237 e. The minimum Gasteiger partial charge on any atom is -0.394 e. The number of halogens is 2. The van der Waals surface area contributed by atoms with Gasteiger partial charge in [0.25, 0.3) is 0 Å². The van der Waals surface area contributed by atoms with E-state index in [2.05, 4.69) is 24.5 Å². The summed E-state index contributed by atoms with van der Waals surface area (Å²) in [4.78, 5) is 13.4. The quantitative estimate of drug-likeness (QED) is 0.368. The lowest BCUT2D eigenvalue weighted by molar-refractivity contribution is -0.123. The molecule has 1 heterocycles. The summed E-state index contributed by atoms with van der Waals surface area (Å²) in [6, 6.07) is 14.3. The molecule has 0 aromatic heterocycles. The molecule has 1 amide bonds. The van der Waals surface area contributed by atoms with Crippen molar-refractivity contribution in [2.24, 2.45) is 5.73 Å². The highest BCUT2D eigenvalue weighted by atomic mass is 35.5. The lowest BCUT2D eigenvalue weighted by Crippen LogP contribution is -2.60. The first-order valence-corrected chi connectivity index (χ1v) is 12.1. The summed E-state index contributed by atoms with van der Waals surface area (Å²) in [7, 11) is 0. The third-order valence-electron chi connectivity index (χ3n) is 7.05. The first kappa shape index (κ1) is 25.9. The monoisotopic (exact) mass is 493 g/mol. The molecule has 8 heteroatoms. The number of benzene rings is 2. The molecule has 2 aromatic rings. The van der Waals surface area contributed by atoms with Crippen molar-refractivity contribution >= 4 is 29.1 Å². The van der Waals surface area contributed by atoms with Gasteiger partial charge in [-0.05, 0) is 54.7 Å². The van der Waals surface area contributed by atoms with Crippen LogP contribution in [-0.4, -0.2) is 47.0 Å². The molecule has 1 fully saturated rings. The average Bonchev–Trinajstić information content (AvgIpc) is 3.09. The predicted molar refractivity (Wildman–Crippen MR) is 132 cm³/mol. The Morgan fingerprint density at radius 3 is 2.39 bits per heavy atom. The number of amides is 1. The maximum absolute atomic E-state index is 13.4. The molecule has 0 unspecified atom stereocenters. The molecule has 33 heavy (non-hydrogen) atoms. The second kappa shape index (κ2) is 10.7. The summed E-state index contributed by atoms with van der Waals surface area (Å²) >= 11 is 12.5. The Labute approximate surface area is 205 Å². The molecule has 3 rings (SSSR count). The predicted octanol–water partition coefficient (Wildman–Crippen LogP) is 3.32. The Hall–Kier alpha value is -1.67. The van der Waals surface area contributed by atoms with Crippen LogP contribution in [0.2, 0.25) is 10.0 Å². The van der Waals surface area contributed by atoms with E-state index in [0.717, 1.165) is 11.1 Å². The number of hydrogen-bond donors (Lipinski definition) is 5. The van der Waals surface area contributed by atoms with Crippen LogP contribution in [0.1, 0.15) is 50.2 Å². The van der Waals surface area contributed by atoms with Gasteiger partial charge in [0.2, 0.25) is 5.91 Å². The highest BCUT2D eigenvalue weighted by molar-refractivity contribution is 6.30. The summed E-state index contributed by atoms with van der Waals surface area (Å²) in [6.45, 7) is 4.03. The lowest BCUT2D eigenvalue weighted by atomic mass is 9.64. The van der Waals surface area contributed by atoms with Crippen molar-refractivity contribution < 1.29 is 15.0 Å². The maximum atomic E-state index is 13.4. The summed E-state index contributed by atoms with van der Waals surface area (Å²) in [6.07, 6.45) is 0.784. The molecular formula is C25H33Cl2N3O3. The van der Waals surface area contributed by atoms with Crippen LogP contribution in [-0.2, 0) is 10.3 Å². The molecule has 180 valence electrons. The highest BCUT2D eigenvalue weighted by Gasteiger charge is 2.63. The molecule has 2 aromatic carbocycles. The van der Waals surface area contributed by atoms with Crippen LogP contribution in [0.25, 0.3) is 0 Å². The first-order valence-electron chi connectivity index (χ1n) is 11.4. The third-order valence-corrected chi connectivity index (χ3v) is 7.54. The standard InChI is InChI=1S/C25H33Cl2N3O3/c1-3-24(4-2)25(28,17-8-10-18(26)11-9-17)21(16-6-5-7-19(27)14-16)22(30-24)23(33)29-13-12-20(32)15-31/h5-11,14,20-22,30-32H,3-4,12-13,15,28H2,1-2H3,(H,29,33)/t20-,21-,22+,25-/m0/s1. The molecular weight excluding hydrogens is 461 g/mol. The van der Waals surface area contributed by atoms with E-state index in [1.165, 1.54) is 0 Å². The number of nitrogens with two attached hydrogens (primary N) is 1. The number of aliphatic hydroxyl groups is 2. The average molecular weight is 494 g/mol. The van der Waals surface area contributed by atoms with Gasteiger partial charge in [-0.1, -0.05) is 61.3 Å². The van der Waals surface area contributed by atoms with E-state index in [0.29, 0.717) is 22.9 Å². The van der Waals surface area contributed by atoms with Gasteiger partial charge in [0.1, 0.15) is 0 Å². The van der Waals surface area contributed by atoms with Gasteiger partial charge in [-0.25, -0.2) is 0 Å². The van der Waals surface area contributed by atoms with Crippen molar-refractivity contribution in [3.05, 3.63) is 69.7 Å². The van der Waals surface area contributed by atoms with E-state index < -0.39 is 29.1 Å². The van der Waals surface area contributed by atoms with Gasteiger partial charge in [-0.3, -0.25) is 10.1 Å². The summed E-state index contributed by atoms with van der Waals surface area (Å²) in [5.41, 5.74) is 7.64. The van der Waals surface area contributed by atoms with Gasteiger partial charge >= 0.3 is 0 Å². The van der Waals surface area contributed by atoms with Gasteiger partial charge in [0.05, 0.1) is 24.3 Å². The molecule has 6 nitrogen and oxygen atoms in total. The SMILES string of the molecule is CCC1(CC)N[C@@H](C(=O)NCC[C@H](O)CO)[C@H](c2cccc(Cl)c2)[C@@]1(N)c1ccc(Cl)cc1. The molecule has 0 saturated carbocycles. The fourth-order valence-electron chi connectivity index (χ4n) is 5.22. The number of aliphatic hydroxyl groups excluding tert-OH is 2.